The minimum atomic E-state index is -0.304. The Bertz CT molecular complexity index is 463. The molecule has 96 valence electrons. The van der Waals surface area contributed by atoms with Gasteiger partial charge in [0.25, 0.3) is 0 Å². The van der Waals surface area contributed by atoms with Gasteiger partial charge in [-0.3, -0.25) is 4.79 Å². The number of rotatable bonds is 6. The van der Waals surface area contributed by atoms with Crippen LogP contribution >= 0.6 is 15.9 Å². The topological polar surface area (TPSA) is 50.1 Å². The molecule has 0 aromatic heterocycles. The van der Waals surface area contributed by atoms with E-state index < -0.39 is 0 Å². The molecule has 3 nitrogen and oxygen atoms in total. The van der Waals surface area contributed by atoms with Crippen molar-refractivity contribution in [1.82, 2.24) is 0 Å². The third-order valence-corrected chi connectivity index (χ3v) is 3.22. The summed E-state index contributed by atoms with van der Waals surface area (Å²) in [6.45, 7) is 4.40. The number of halogens is 1. The molecule has 0 spiro atoms. The first kappa shape index (κ1) is 14.7. The molecule has 1 rings (SSSR count). The van der Waals surface area contributed by atoms with Crippen molar-refractivity contribution >= 4 is 22.2 Å². The van der Waals surface area contributed by atoms with Crippen molar-refractivity contribution in [2.24, 2.45) is 5.41 Å². The largest absolute Gasteiger partial charge is 0.492 e. The molecule has 18 heavy (non-hydrogen) atoms. The summed E-state index contributed by atoms with van der Waals surface area (Å²) in [6.07, 6.45) is 2.42. The van der Waals surface area contributed by atoms with Gasteiger partial charge in [-0.25, -0.2) is 0 Å². The third-order valence-electron chi connectivity index (χ3n) is 2.60. The number of benzene rings is 1. The van der Waals surface area contributed by atoms with Crippen molar-refractivity contribution in [3.63, 3.8) is 0 Å². The lowest BCUT2D eigenvalue weighted by atomic mass is 9.90. The molecule has 4 heteroatoms. The van der Waals surface area contributed by atoms with Crippen LogP contribution in [0.15, 0.2) is 22.7 Å². The van der Waals surface area contributed by atoms with Gasteiger partial charge in [0.1, 0.15) is 12.0 Å². The number of ether oxygens (including phenoxy) is 1. The first-order valence-corrected chi connectivity index (χ1v) is 6.56. The van der Waals surface area contributed by atoms with Crippen LogP contribution in [0.3, 0.4) is 0 Å². The second-order valence-electron chi connectivity index (χ2n) is 4.76. The highest BCUT2D eigenvalue weighted by atomic mass is 79.9. The number of nitriles is 1. The van der Waals surface area contributed by atoms with Crippen LogP contribution in [0.2, 0.25) is 0 Å². The standard InChI is InChI=1S/C14H16BrNO2/c1-14(2,10-16)6-3-7-18-13-5-4-11(9-17)8-12(13)15/h4-5,8-9H,3,6-7H2,1-2H3. The quantitative estimate of drug-likeness (QED) is 0.590. The van der Waals surface area contributed by atoms with Gasteiger partial charge in [-0.1, -0.05) is 0 Å². The normalized spacial score (nSPS) is 10.8. The van der Waals surface area contributed by atoms with E-state index in [1.807, 2.05) is 13.8 Å². The van der Waals surface area contributed by atoms with Gasteiger partial charge >= 0.3 is 0 Å². The van der Waals surface area contributed by atoms with Crippen molar-refractivity contribution in [3.05, 3.63) is 28.2 Å². The molecule has 0 saturated heterocycles. The van der Waals surface area contributed by atoms with Crippen LogP contribution in [0.1, 0.15) is 37.0 Å². The molecule has 0 unspecified atom stereocenters. The van der Waals surface area contributed by atoms with Crippen LogP contribution in [0, 0.1) is 16.7 Å². The highest BCUT2D eigenvalue weighted by Gasteiger charge is 2.15. The minimum absolute atomic E-state index is 0.304. The summed E-state index contributed by atoms with van der Waals surface area (Å²) in [7, 11) is 0. The van der Waals surface area contributed by atoms with Gasteiger partial charge in [0.2, 0.25) is 0 Å². The molecule has 0 amide bonds. The highest BCUT2D eigenvalue weighted by molar-refractivity contribution is 9.10. The molecule has 0 radical (unpaired) electrons. The van der Waals surface area contributed by atoms with Crippen LogP contribution in [-0.2, 0) is 0 Å². The third kappa shape index (κ3) is 4.50. The predicted molar refractivity (Wildman–Crippen MR) is 73.7 cm³/mol. The van der Waals surface area contributed by atoms with E-state index in [9.17, 15) is 4.79 Å². The minimum Gasteiger partial charge on any atom is -0.492 e. The fourth-order valence-electron chi connectivity index (χ4n) is 1.46. The Morgan fingerprint density at radius 2 is 2.22 bits per heavy atom. The maximum atomic E-state index is 10.6. The van der Waals surface area contributed by atoms with E-state index in [4.69, 9.17) is 10.00 Å². The van der Waals surface area contributed by atoms with Crippen LogP contribution in [0.4, 0.5) is 0 Å². The van der Waals surface area contributed by atoms with Gasteiger partial charge in [-0.05, 0) is 60.8 Å². The first-order chi connectivity index (χ1) is 8.48. The molecule has 1 aromatic rings. The van der Waals surface area contributed by atoms with Crippen molar-refractivity contribution in [1.29, 1.82) is 5.26 Å². The number of aldehydes is 1. The lowest BCUT2D eigenvalue weighted by Gasteiger charge is -2.15. The lowest BCUT2D eigenvalue weighted by Crippen LogP contribution is -2.10. The molecule has 0 aliphatic carbocycles. The molecule has 1 aromatic carbocycles. The predicted octanol–water partition coefficient (Wildman–Crippen LogP) is 3.97. The Hall–Kier alpha value is -1.34. The van der Waals surface area contributed by atoms with Gasteiger partial charge in [0, 0.05) is 5.56 Å². The van der Waals surface area contributed by atoms with Crippen molar-refractivity contribution in [3.8, 4) is 11.8 Å². The lowest BCUT2D eigenvalue weighted by molar-refractivity contribution is 0.112. The van der Waals surface area contributed by atoms with E-state index in [-0.39, 0.29) is 5.41 Å². The zero-order chi connectivity index (χ0) is 13.6. The zero-order valence-electron chi connectivity index (χ0n) is 10.6. The SMILES string of the molecule is CC(C)(C#N)CCCOc1ccc(C=O)cc1Br. The molecule has 0 aliphatic rings. The summed E-state index contributed by atoms with van der Waals surface area (Å²) in [6, 6.07) is 7.47. The van der Waals surface area contributed by atoms with E-state index in [0.29, 0.717) is 12.2 Å². The monoisotopic (exact) mass is 309 g/mol. The van der Waals surface area contributed by atoms with E-state index in [1.54, 1.807) is 18.2 Å². The number of hydrogen-bond acceptors (Lipinski definition) is 3. The summed E-state index contributed by atoms with van der Waals surface area (Å²) >= 11 is 3.36. The fraction of sp³-hybridized carbons (Fsp3) is 0.429. The van der Waals surface area contributed by atoms with Crippen LogP contribution in [0.5, 0.6) is 5.75 Å². The van der Waals surface area contributed by atoms with Crippen molar-refractivity contribution in [2.45, 2.75) is 26.7 Å². The maximum absolute atomic E-state index is 10.6. The van der Waals surface area contributed by atoms with Crippen LogP contribution in [0.25, 0.3) is 0 Å². The van der Waals surface area contributed by atoms with Gasteiger partial charge < -0.3 is 4.74 Å². The summed E-state index contributed by atoms with van der Waals surface area (Å²) in [5, 5.41) is 8.88. The molecular weight excluding hydrogens is 294 g/mol. The number of carbonyl (C=O) groups is 1. The second kappa shape index (κ2) is 6.55. The van der Waals surface area contributed by atoms with Gasteiger partial charge in [-0.2, -0.15) is 5.26 Å². The average Bonchev–Trinajstić information content (AvgIpc) is 2.36. The molecule has 0 heterocycles. The summed E-state index contributed by atoms with van der Waals surface area (Å²) < 4.78 is 6.37. The van der Waals surface area contributed by atoms with Crippen molar-refractivity contribution < 1.29 is 9.53 Å². The van der Waals surface area contributed by atoms with Gasteiger partial charge in [0.05, 0.1) is 22.6 Å². The zero-order valence-corrected chi connectivity index (χ0v) is 12.2. The Morgan fingerprint density at radius 3 is 2.78 bits per heavy atom. The van der Waals surface area contributed by atoms with Crippen molar-refractivity contribution in [2.75, 3.05) is 6.61 Å². The van der Waals surface area contributed by atoms with E-state index in [0.717, 1.165) is 29.4 Å². The van der Waals surface area contributed by atoms with E-state index >= 15 is 0 Å². The Morgan fingerprint density at radius 1 is 1.50 bits per heavy atom. The summed E-state index contributed by atoms with van der Waals surface area (Å²) in [5.74, 6) is 0.718. The average molecular weight is 310 g/mol. The molecule has 0 N–H and O–H groups in total. The van der Waals surface area contributed by atoms with Gasteiger partial charge in [-0.15, -0.1) is 0 Å². The Labute approximate surface area is 116 Å². The summed E-state index contributed by atoms with van der Waals surface area (Å²) in [4.78, 5) is 10.6. The van der Waals surface area contributed by atoms with E-state index in [2.05, 4.69) is 22.0 Å². The number of nitrogens with zero attached hydrogens (tertiary/aromatic N) is 1. The second-order valence-corrected chi connectivity index (χ2v) is 5.61. The summed E-state index contributed by atoms with van der Waals surface area (Å²) in [5.41, 5.74) is 0.307. The smallest absolute Gasteiger partial charge is 0.150 e. The molecule has 0 atom stereocenters. The maximum Gasteiger partial charge on any atom is 0.150 e. The van der Waals surface area contributed by atoms with Crippen LogP contribution in [-0.4, -0.2) is 12.9 Å². The molecule has 0 fully saturated rings. The highest BCUT2D eigenvalue weighted by Crippen LogP contribution is 2.26. The fourth-order valence-corrected chi connectivity index (χ4v) is 1.97. The molecule has 0 aliphatic heterocycles. The number of carbonyl (C=O) groups excluding carboxylic acids is 1. The van der Waals surface area contributed by atoms with Gasteiger partial charge in [0.15, 0.2) is 0 Å². The molecule has 0 bridgehead atoms. The molecular formula is C14H16BrNO2. The first-order valence-electron chi connectivity index (χ1n) is 5.77. The number of hydrogen-bond donors (Lipinski definition) is 0. The van der Waals surface area contributed by atoms with Crippen LogP contribution < -0.4 is 4.74 Å². The Kier molecular flexibility index (Phi) is 5.36. The van der Waals surface area contributed by atoms with E-state index in [1.165, 1.54) is 0 Å². The Balaban J connectivity index is 2.45. The molecule has 0 saturated carbocycles.